The first kappa shape index (κ1) is 15.6. The molecular weight excluding hydrogens is 288 g/mol. The van der Waals surface area contributed by atoms with Crippen LogP contribution < -0.4 is 10.6 Å². The number of nitriles is 1. The summed E-state index contributed by atoms with van der Waals surface area (Å²) in [5.74, 6) is 0. The highest BCUT2D eigenvalue weighted by Crippen LogP contribution is 2.21. The molecule has 2 rings (SSSR count). The smallest absolute Gasteiger partial charge is 0.230 e. The molecule has 21 heavy (non-hydrogen) atoms. The van der Waals surface area contributed by atoms with Gasteiger partial charge < -0.3 is 10.6 Å². The minimum absolute atomic E-state index is 0.314. The van der Waals surface area contributed by atoms with Gasteiger partial charge in [-0.15, -0.1) is 0 Å². The predicted molar refractivity (Wildman–Crippen MR) is 83.3 cm³/mol. The van der Waals surface area contributed by atoms with Crippen molar-refractivity contribution < 1.29 is 8.42 Å². The van der Waals surface area contributed by atoms with Crippen molar-refractivity contribution in [1.82, 2.24) is 4.31 Å². The standard InChI is InChI=1S/C14H20N4O2S/c1-2-14(11-15)21(19,20)18-8-6-17(7-9-18)13-5-3-4-12(16)10-13/h3-5,10,14H,2,6-9,16H2,1H3. The molecule has 0 spiro atoms. The lowest BCUT2D eigenvalue weighted by atomic mass is 10.2. The quantitative estimate of drug-likeness (QED) is 0.839. The van der Waals surface area contributed by atoms with E-state index in [-0.39, 0.29) is 0 Å². The fraction of sp³-hybridized carbons (Fsp3) is 0.500. The number of nitrogens with zero attached hydrogens (tertiary/aromatic N) is 3. The van der Waals surface area contributed by atoms with E-state index >= 15 is 0 Å². The Hall–Kier alpha value is -1.78. The molecule has 114 valence electrons. The molecule has 0 amide bonds. The zero-order valence-electron chi connectivity index (χ0n) is 12.1. The van der Waals surface area contributed by atoms with Gasteiger partial charge in [0.25, 0.3) is 0 Å². The van der Waals surface area contributed by atoms with Crippen LogP contribution in [0, 0.1) is 11.3 Å². The van der Waals surface area contributed by atoms with Crippen molar-refractivity contribution in [3.8, 4) is 6.07 Å². The van der Waals surface area contributed by atoms with E-state index in [9.17, 15) is 8.42 Å². The van der Waals surface area contributed by atoms with E-state index in [0.717, 1.165) is 5.69 Å². The monoisotopic (exact) mass is 308 g/mol. The molecule has 0 radical (unpaired) electrons. The SMILES string of the molecule is CCC(C#N)S(=O)(=O)N1CCN(c2cccc(N)c2)CC1. The highest BCUT2D eigenvalue weighted by atomic mass is 32.2. The maximum Gasteiger partial charge on any atom is 0.230 e. The number of nitrogens with two attached hydrogens (primary N) is 1. The molecule has 1 aliphatic heterocycles. The number of anilines is 2. The van der Waals surface area contributed by atoms with Gasteiger partial charge in [0.1, 0.15) is 0 Å². The molecule has 1 aromatic rings. The molecule has 2 N–H and O–H groups in total. The van der Waals surface area contributed by atoms with E-state index in [0.29, 0.717) is 38.3 Å². The molecule has 1 heterocycles. The van der Waals surface area contributed by atoms with Crippen LogP contribution >= 0.6 is 0 Å². The number of nitrogen functional groups attached to an aromatic ring is 1. The van der Waals surface area contributed by atoms with Crippen LogP contribution in [0.5, 0.6) is 0 Å². The van der Waals surface area contributed by atoms with E-state index in [1.54, 1.807) is 6.92 Å². The van der Waals surface area contributed by atoms with Crippen LogP contribution in [0.4, 0.5) is 11.4 Å². The molecule has 0 aliphatic carbocycles. The van der Waals surface area contributed by atoms with Crippen molar-refractivity contribution in [2.45, 2.75) is 18.6 Å². The molecule has 1 aromatic carbocycles. The Balaban J connectivity index is 2.05. The lowest BCUT2D eigenvalue weighted by molar-refractivity contribution is 0.381. The third-order valence-corrected chi connectivity index (χ3v) is 5.95. The van der Waals surface area contributed by atoms with E-state index in [1.807, 2.05) is 30.3 Å². The van der Waals surface area contributed by atoms with Crippen LogP contribution in [0.3, 0.4) is 0 Å². The Morgan fingerprint density at radius 1 is 1.33 bits per heavy atom. The van der Waals surface area contributed by atoms with Crippen LogP contribution in [0.1, 0.15) is 13.3 Å². The fourth-order valence-electron chi connectivity index (χ4n) is 2.47. The minimum atomic E-state index is -3.52. The van der Waals surface area contributed by atoms with Gasteiger partial charge in [0, 0.05) is 37.6 Å². The number of rotatable bonds is 4. The minimum Gasteiger partial charge on any atom is -0.399 e. The van der Waals surface area contributed by atoms with Crippen LogP contribution in [0.2, 0.25) is 0 Å². The number of hydrogen-bond donors (Lipinski definition) is 1. The zero-order valence-corrected chi connectivity index (χ0v) is 12.9. The summed E-state index contributed by atoms with van der Waals surface area (Å²) < 4.78 is 26.0. The largest absolute Gasteiger partial charge is 0.399 e. The number of hydrogen-bond acceptors (Lipinski definition) is 5. The third-order valence-electron chi connectivity index (χ3n) is 3.71. The van der Waals surface area contributed by atoms with Gasteiger partial charge in [0.15, 0.2) is 5.25 Å². The fourth-order valence-corrected chi connectivity index (χ4v) is 4.06. The first-order valence-corrected chi connectivity index (χ1v) is 8.48. The maximum absolute atomic E-state index is 12.3. The normalized spacial score (nSPS) is 18.2. The van der Waals surface area contributed by atoms with Gasteiger partial charge >= 0.3 is 0 Å². The van der Waals surface area contributed by atoms with Crippen molar-refractivity contribution in [1.29, 1.82) is 5.26 Å². The lowest BCUT2D eigenvalue weighted by Gasteiger charge is -2.36. The van der Waals surface area contributed by atoms with E-state index in [2.05, 4.69) is 4.90 Å². The molecular formula is C14H20N4O2S. The Morgan fingerprint density at radius 2 is 2.00 bits per heavy atom. The molecule has 7 heteroatoms. The van der Waals surface area contributed by atoms with Gasteiger partial charge in [-0.05, 0) is 24.6 Å². The van der Waals surface area contributed by atoms with Gasteiger partial charge in [-0.2, -0.15) is 9.57 Å². The molecule has 1 saturated heterocycles. The summed E-state index contributed by atoms with van der Waals surface area (Å²) in [6.45, 7) is 3.72. The van der Waals surface area contributed by atoms with Gasteiger partial charge in [-0.25, -0.2) is 8.42 Å². The summed E-state index contributed by atoms with van der Waals surface area (Å²) in [5.41, 5.74) is 7.46. The first-order chi connectivity index (χ1) is 9.98. The summed E-state index contributed by atoms with van der Waals surface area (Å²) in [4.78, 5) is 2.11. The molecule has 6 nitrogen and oxygen atoms in total. The highest BCUT2D eigenvalue weighted by Gasteiger charge is 2.33. The topological polar surface area (TPSA) is 90.4 Å². The average molecular weight is 308 g/mol. The highest BCUT2D eigenvalue weighted by molar-refractivity contribution is 7.90. The second-order valence-electron chi connectivity index (χ2n) is 5.05. The lowest BCUT2D eigenvalue weighted by Crippen LogP contribution is -2.51. The molecule has 1 fully saturated rings. The van der Waals surface area contributed by atoms with E-state index in [1.165, 1.54) is 4.31 Å². The maximum atomic E-state index is 12.3. The first-order valence-electron chi connectivity index (χ1n) is 6.98. The van der Waals surface area contributed by atoms with Gasteiger partial charge in [0.2, 0.25) is 10.0 Å². The Kier molecular flexibility index (Phi) is 4.70. The van der Waals surface area contributed by atoms with Gasteiger partial charge in [-0.1, -0.05) is 13.0 Å². The number of benzene rings is 1. The Labute approximate surface area is 125 Å². The Bertz CT molecular complexity index is 631. The summed E-state index contributed by atoms with van der Waals surface area (Å²) in [6, 6.07) is 9.43. The molecule has 1 unspecified atom stereocenters. The van der Waals surface area contributed by atoms with Crippen LogP contribution in [0.25, 0.3) is 0 Å². The second kappa shape index (κ2) is 6.33. The molecule has 1 atom stereocenters. The second-order valence-corrected chi connectivity index (χ2v) is 7.17. The van der Waals surface area contributed by atoms with Gasteiger partial charge in [0.05, 0.1) is 6.07 Å². The molecule has 1 aliphatic rings. The van der Waals surface area contributed by atoms with Gasteiger partial charge in [-0.3, -0.25) is 0 Å². The summed E-state index contributed by atoms with van der Waals surface area (Å²) in [7, 11) is -3.52. The van der Waals surface area contributed by atoms with Crippen molar-refractivity contribution in [2.24, 2.45) is 0 Å². The van der Waals surface area contributed by atoms with Crippen molar-refractivity contribution in [3.05, 3.63) is 24.3 Å². The number of piperazine rings is 1. The molecule has 0 bridgehead atoms. The predicted octanol–water partition coefficient (Wildman–Crippen LogP) is 1.02. The van der Waals surface area contributed by atoms with Crippen LogP contribution in [0.15, 0.2) is 24.3 Å². The van der Waals surface area contributed by atoms with Crippen LogP contribution in [-0.4, -0.2) is 44.2 Å². The Morgan fingerprint density at radius 3 is 2.52 bits per heavy atom. The summed E-state index contributed by atoms with van der Waals surface area (Å²) >= 11 is 0. The number of sulfonamides is 1. The third kappa shape index (κ3) is 3.28. The zero-order chi connectivity index (χ0) is 15.5. The van der Waals surface area contributed by atoms with E-state index in [4.69, 9.17) is 11.0 Å². The summed E-state index contributed by atoms with van der Waals surface area (Å²) in [5, 5.41) is 8.02. The summed E-state index contributed by atoms with van der Waals surface area (Å²) in [6.07, 6.45) is 0.314. The van der Waals surface area contributed by atoms with E-state index < -0.39 is 15.3 Å². The van der Waals surface area contributed by atoms with Crippen molar-refractivity contribution >= 4 is 21.4 Å². The average Bonchev–Trinajstić information content (AvgIpc) is 2.48. The van der Waals surface area contributed by atoms with Crippen LogP contribution in [-0.2, 0) is 10.0 Å². The van der Waals surface area contributed by atoms with Crippen molar-refractivity contribution in [3.63, 3.8) is 0 Å². The molecule has 0 aromatic heterocycles. The molecule has 0 saturated carbocycles. The van der Waals surface area contributed by atoms with Crippen molar-refractivity contribution in [2.75, 3.05) is 36.8 Å².